The molecule has 1 rings (SSSR count). The zero-order chi connectivity index (χ0) is 12.0. The van der Waals surface area contributed by atoms with Gasteiger partial charge in [0.2, 0.25) is 0 Å². The summed E-state index contributed by atoms with van der Waals surface area (Å²) in [6.07, 6.45) is 5.34. The summed E-state index contributed by atoms with van der Waals surface area (Å²) in [6.45, 7) is 4.86. The zero-order valence-electron chi connectivity index (χ0n) is 9.96. The highest BCUT2D eigenvalue weighted by Gasteiger charge is 2.08. The first-order valence-corrected chi connectivity index (χ1v) is 6.55. The number of nitrogens with zero attached hydrogens (tertiary/aromatic N) is 1. The lowest BCUT2D eigenvalue weighted by atomic mass is 10.1. The third kappa shape index (κ3) is 4.10. The number of aryl methyl sites for hydroxylation is 1. The molecule has 1 aromatic rings. The standard InChI is InChI=1S/C12H20BrN3/c1-3-4-5-10(7-14)16-12-11(13)6-9(2)8-15-12/h6,8,10H,3-5,7,14H2,1-2H3,(H,15,16). The highest BCUT2D eigenvalue weighted by Crippen LogP contribution is 2.21. The molecule has 1 aromatic heterocycles. The Morgan fingerprint density at radius 2 is 2.31 bits per heavy atom. The molecule has 0 bridgehead atoms. The molecule has 0 spiro atoms. The van der Waals surface area contributed by atoms with Crippen LogP contribution in [0.1, 0.15) is 31.7 Å². The van der Waals surface area contributed by atoms with Crippen LogP contribution in [0.4, 0.5) is 5.82 Å². The maximum atomic E-state index is 5.74. The lowest BCUT2D eigenvalue weighted by Gasteiger charge is -2.18. The first kappa shape index (κ1) is 13.5. The van der Waals surface area contributed by atoms with Crippen LogP contribution in [0, 0.1) is 6.92 Å². The van der Waals surface area contributed by atoms with Gasteiger partial charge in [-0.2, -0.15) is 0 Å². The SMILES string of the molecule is CCCCC(CN)Nc1ncc(C)cc1Br. The summed E-state index contributed by atoms with van der Waals surface area (Å²) in [4.78, 5) is 4.36. The summed E-state index contributed by atoms with van der Waals surface area (Å²) in [7, 11) is 0. The average Bonchev–Trinajstić information content (AvgIpc) is 2.27. The van der Waals surface area contributed by atoms with E-state index >= 15 is 0 Å². The second-order valence-corrected chi connectivity index (χ2v) is 4.92. The molecule has 0 saturated heterocycles. The molecule has 4 heteroatoms. The number of unbranched alkanes of at least 4 members (excludes halogenated alkanes) is 1. The fourth-order valence-electron chi connectivity index (χ4n) is 1.53. The molecule has 0 saturated carbocycles. The molecule has 0 aromatic carbocycles. The fraction of sp³-hybridized carbons (Fsp3) is 0.583. The van der Waals surface area contributed by atoms with E-state index in [1.165, 1.54) is 12.8 Å². The van der Waals surface area contributed by atoms with Gasteiger partial charge in [0.05, 0.1) is 4.47 Å². The van der Waals surface area contributed by atoms with Gasteiger partial charge in [0.1, 0.15) is 5.82 Å². The van der Waals surface area contributed by atoms with Crippen molar-refractivity contribution in [3.8, 4) is 0 Å². The topological polar surface area (TPSA) is 50.9 Å². The van der Waals surface area contributed by atoms with E-state index in [0.717, 1.165) is 22.3 Å². The van der Waals surface area contributed by atoms with Crippen molar-refractivity contribution in [3.05, 3.63) is 22.3 Å². The zero-order valence-corrected chi connectivity index (χ0v) is 11.5. The number of pyridine rings is 1. The van der Waals surface area contributed by atoms with Gasteiger partial charge in [0, 0.05) is 18.8 Å². The van der Waals surface area contributed by atoms with Gasteiger partial charge in [-0.3, -0.25) is 0 Å². The Bertz CT molecular complexity index is 328. The maximum Gasteiger partial charge on any atom is 0.140 e. The molecule has 16 heavy (non-hydrogen) atoms. The molecule has 1 atom stereocenters. The van der Waals surface area contributed by atoms with Crippen molar-refractivity contribution >= 4 is 21.7 Å². The number of hydrogen-bond donors (Lipinski definition) is 2. The number of halogens is 1. The van der Waals surface area contributed by atoms with Crippen molar-refractivity contribution in [1.29, 1.82) is 0 Å². The van der Waals surface area contributed by atoms with Crippen molar-refractivity contribution in [3.63, 3.8) is 0 Å². The molecule has 3 nitrogen and oxygen atoms in total. The van der Waals surface area contributed by atoms with Gasteiger partial charge in [0.25, 0.3) is 0 Å². The van der Waals surface area contributed by atoms with Crippen molar-refractivity contribution in [1.82, 2.24) is 4.98 Å². The van der Waals surface area contributed by atoms with Crippen LogP contribution in [0.2, 0.25) is 0 Å². The van der Waals surface area contributed by atoms with E-state index in [1.54, 1.807) is 0 Å². The lowest BCUT2D eigenvalue weighted by molar-refractivity contribution is 0.612. The second-order valence-electron chi connectivity index (χ2n) is 4.06. The molecule has 0 aliphatic heterocycles. The first-order chi connectivity index (χ1) is 7.67. The summed E-state index contributed by atoms with van der Waals surface area (Å²) in [5.74, 6) is 0.886. The number of nitrogens with one attached hydrogen (secondary N) is 1. The lowest BCUT2D eigenvalue weighted by Crippen LogP contribution is -2.29. The first-order valence-electron chi connectivity index (χ1n) is 5.76. The van der Waals surface area contributed by atoms with E-state index in [1.807, 2.05) is 13.1 Å². The summed E-state index contributed by atoms with van der Waals surface area (Å²) >= 11 is 3.51. The van der Waals surface area contributed by atoms with Crippen LogP contribution in [0.3, 0.4) is 0 Å². The molecule has 0 radical (unpaired) electrons. The third-order valence-corrected chi connectivity index (χ3v) is 3.11. The normalized spacial score (nSPS) is 12.5. The summed E-state index contributed by atoms with van der Waals surface area (Å²) in [5, 5.41) is 3.38. The molecule has 1 heterocycles. The van der Waals surface area contributed by atoms with Gasteiger partial charge in [-0.05, 0) is 40.9 Å². The van der Waals surface area contributed by atoms with Crippen LogP contribution in [0.25, 0.3) is 0 Å². The number of hydrogen-bond acceptors (Lipinski definition) is 3. The minimum atomic E-state index is 0.312. The molecule has 90 valence electrons. The Kier molecular flexibility index (Phi) is 5.77. The molecule has 0 aliphatic carbocycles. The third-order valence-electron chi connectivity index (χ3n) is 2.51. The van der Waals surface area contributed by atoms with E-state index < -0.39 is 0 Å². The number of rotatable bonds is 6. The molecule has 1 unspecified atom stereocenters. The van der Waals surface area contributed by atoms with Gasteiger partial charge in [-0.15, -0.1) is 0 Å². The van der Waals surface area contributed by atoms with Crippen LogP contribution in [-0.4, -0.2) is 17.6 Å². The van der Waals surface area contributed by atoms with Crippen LogP contribution >= 0.6 is 15.9 Å². The molecule has 0 fully saturated rings. The largest absolute Gasteiger partial charge is 0.365 e. The maximum absolute atomic E-state index is 5.74. The number of aromatic nitrogens is 1. The predicted molar refractivity (Wildman–Crippen MR) is 72.7 cm³/mol. The van der Waals surface area contributed by atoms with E-state index in [2.05, 4.69) is 39.2 Å². The Hall–Kier alpha value is -0.610. The quantitative estimate of drug-likeness (QED) is 0.845. The van der Waals surface area contributed by atoms with Crippen LogP contribution in [0.5, 0.6) is 0 Å². The van der Waals surface area contributed by atoms with Gasteiger partial charge < -0.3 is 11.1 Å². The number of anilines is 1. The highest BCUT2D eigenvalue weighted by atomic mass is 79.9. The molecular formula is C12H20BrN3. The predicted octanol–water partition coefficient (Wildman–Crippen LogP) is 3.08. The molecule has 0 aliphatic rings. The highest BCUT2D eigenvalue weighted by molar-refractivity contribution is 9.10. The minimum Gasteiger partial charge on any atom is -0.365 e. The van der Waals surface area contributed by atoms with Crippen LogP contribution < -0.4 is 11.1 Å². The summed E-state index contributed by atoms with van der Waals surface area (Å²) < 4.78 is 1.00. The summed E-state index contributed by atoms with van der Waals surface area (Å²) in [6, 6.07) is 2.37. The van der Waals surface area contributed by atoms with Gasteiger partial charge in [-0.1, -0.05) is 19.8 Å². The van der Waals surface area contributed by atoms with Crippen molar-refractivity contribution in [2.24, 2.45) is 5.73 Å². The van der Waals surface area contributed by atoms with E-state index in [9.17, 15) is 0 Å². The van der Waals surface area contributed by atoms with Crippen LogP contribution in [0.15, 0.2) is 16.7 Å². The Morgan fingerprint density at radius 1 is 1.56 bits per heavy atom. The van der Waals surface area contributed by atoms with Gasteiger partial charge >= 0.3 is 0 Å². The second kappa shape index (κ2) is 6.86. The Balaban J connectivity index is 2.62. The average molecular weight is 286 g/mol. The molecule has 0 amide bonds. The van der Waals surface area contributed by atoms with E-state index in [0.29, 0.717) is 12.6 Å². The molecule has 3 N–H and O–H groups in total. The Morgan fingerprint density at radius 3 is 2.88 bits per heavy atom. The van der Waals surface area contributed by atoms with E-state index in [4.69, 9.17) is 5.73 Å². The van der Waals surface area contributed by atoms with Gasteiger partial charge in [-0.25, -0.2) is 4.98 Å². The number of nitrogens with two attached hydrogens (primary N) is 1. The smallest absolute Gasteiger partial charge is 0.140 e. The summed E-state index contributed by atoms with van der Waals surface area (Å²) in [5.41, 5.74) is 6.88. The molecular weight excluding hydrogens is 266 g/mol. The Labute approximate surface area is 106 Å². The fourth-order valence-corrected chi connectivity index (χ4v) is 2.11. The van der Waals surface area contributed by atoms with Gasteiger partial charge in [0.15, 0.2) is 0 Å². The van der Waals surface area contributed by atoms with E-state index in [-0.39, 0.29) is 0 Å². The van der Waals surface area contributed by atoms with Crippen molar-refractivity contribution in [2.45, 2.75) is 39.2 Å². The van der Waals surface area contributed by atoms with Crippen molar-refractivity contribution < 1.29 is 0 Å². The van der Waals surface area contributed by atoms with Crippen LogP contribution in [-0.2, 0) is 0 Å². The monoisotopic (exact) mass is 285 g/mol. The van der Waals surface area contributed by atoms with Crippen molar-refractivity contribution in [2.75, 3.05) is 11.9 Å². The minimum absolute atomic E-state index is 0.312.